The number of ether oxygens (including phenoxy) is 2. The molecule has 1 spiro atoms. The summed E-state index contributed by atoms with van der Waals surface area (Å²) in [5.41, 5.74) is 0.421. The third kappa shape index (κ3) is 2.46. The largest absolute Gasteiger partial charge is 0.342 e. The van der Waals surface area contributed by atoms with Gasteiger partial charge in [-0.1, -0.05) is 27.7 Å². The molecule has 2 aliphatic rings. The highest BCUT2D eigenvalue weighted by atomic mass is 16.7. The van der Waals surface area contributed by atoms with Crippen molar-refractivity contribution in [1.82, 2.24) is 0 Å². The van der Waals surface area contributed by atoms with Crippen LogP contribution in [0.3, 0.4) is 0 Å². The van der Waals surface area contributed by atoms with Crippen molar-refractivity contribution in [1.29, 1.82) is 0 Å². The maximum absolute atomic E-state index is 11.2. The molecule has 1 aliphatic carbocycles. The van der Waals surface area contributed by atoms with Crippen LogP contribution in [0, 0.1) is 10.8 Å². The van der Waals surface area contributed by atoms with E-state index in [1.54, 1.807) is 0 Å². The van der Waals surface area contributed by atoms with Gasteiger partial charge in [-0.05, 0) is 17.3 Å². The minimum atomic E-state index is -0.515. The van der Waals surface area contributed by atoms with Gasteiger partial charge < -0.3 is 9.47 Å². The van der Waals surface area contributed by atoms with E-state index in [9.17, 15) is 4.79 Å². The Morgan fingerprint density at radius 1 is 0.875 bits per heavy atom. The Morgan fingerprint density at radius 3 is 1.75 bits per heavy atom. The van der Waals surface area contributed by atoms with E-state index in [2.05, 4.69) is 27.7 Å². The van der Waals surface area contributed by atoms with Crippen molar-refractivity contribution < 1.29 is 14.3 Å². The molecule has 0 radical (unpaired) electrons. The number of ketones is 1. The molecule has 1 saturated heterocycles. The molecule has 1 aliphatic heterocycles. The maximum atomic E-state index is 11.2. The van der Waals surface area contributed by atoms with Gasteiger partial charge in [0.2, 0.25) is 0 Å². The Balaban J connectivity index is 2.18. The molecule has 16 heavy (non-hydrogen) atoms. The highest BCUT2D eigenvalue weighted by Gasteiger charge is 2.50. The predicted octanol–water partition coefficient (Wildman–Crippen LogP) is 2.53. The quantitative estimate of drug-likeness (QED) is 0.636. The molecule has 1 heterocycles. The van der Waals surface area contributed by atoms with Gasteiger partial charge in [0.1, 0.15) is 13.2 Å². The van der Waals surface area contributed by atoms with Crippen LogP contribution in [0.2, 0.25) is 0 Å². The first-order valence-corrected chi connectivity index (χ1v) is 6.02. The van der Waals surface area contributed by atoms with E-state index in [4.69, 9.17) is 9.47 Å². The summed E-state index contributed by atoms with van der Waals surface area (Å²) in [5.74, 6) is -0.467. The van der Waals surface area contributed by atoms with E-state index in [1.807, 2.05) is 0 Å². The van der Waals surface area contributed by atoms with Crippen molar-refractivity contribution in [2.24, 2.45) is 10.8 Å². The molecule has 0 bridgehead atoms. The Hall–Kier alpha value is -0.410. The average molecular weight is 226 g/mol. The van der Waals surface area contributed by atoms with E-state index in [0.717, 1.165) is 12.8 Å². The molecule has 92 valence electrons. The topological polar surface area (TPSA) is 35.5 Å². The zero-order chi connectivity index (χ0) is 12.0. The zero-order valence-electron chi connectivity index (χ0n) is 10.8. The Labute approximate surface area is 97.5 Å². The van der Waals surface area contributed by atoms with Crippen LogP contribution < -0.4 is 0 Å². The molecule has 0 atom stereocenters. The lowest BCUT2D eigenvalue weighted by Gasteiger charge is -2.52. The monoisotopic (exact) mass is 226 g/mol. The standard InChI is InChI=1S/C13H22O3/c1-11(2)7-12(3,4)9-13(8-11)15-5-10(14)6-16-13/h5-9H2,1-4H3. The molecular weight excluding hydrogens is 204 g/mol. The summed E-state index contributed by atoms with van der Waals surface area (Å²) in [6.45, 7) is 9.42. The minimum Gasteiger partial charge on any atom is -0.342 e. The molecule has 3 nitrogen and oxygen atoms in total. The highest BCUT2D eigenvalue weighted by Crippen LogP contribution is 2.52. The lowest BCUT2D eigenvalue weighted by Crippen LogP contribution is -2.53. The van der Waals surface area contributed by atoms with Crippen molar-refractivity contribution in [3.63, 3.8) is 0 Å². The van der Waals surface area contributed by atoms with Crippen molar-refractivity contribution in [3.8, 4) is 0 Å². The molecule has 2 fully saturated rings. The summed E-state index contributed by atoms with van der Waals surface area (Å²) in [7, 11) is 0. The van der Waals surface area contributed by atoms with Crippen LogP contribution in [0.15, 0.2) is 0 Å². The van der Waals surface area contributed by atoms with Gasteiger partial charge in [0.25, 0.3) is 0 Å². The van der Waals surface area contributed by atoms with Crippen LogP contribution in [0.25, 0.3) is 0 Å². The van der Waals surface area contributed by atoms with Crippen LogP contribution in [-0.2, 0) is 14.3 Å². The fraction of sp³-hybridized carbons (Fsp3) is 0.923. The van der Waals surface area contributed by atoms with Crippen LogP contribution in [0.4, 0.5) is 0 Å². The van der Waals surface area contributed by atoms with Gasteiger partial charge in [-0.3, -0.25) is 4.79 Å². The Kier molecular flexibility index (Phi) is 2.67. The minimum absolute atomic E-state index is 0.0480. The molecule has 0 aromatic carbocycles. The summed E-state index contributed by atoms with van der Waals surface area (Å²) < 4.78 is 11.4. The fourth-order valence-corrected chi connectivity index (χ4v) is 3.65. The molecule has 2 rings (SSSR count). The first kappa shape index (κ1) is 12.1. The number of carbonyl (C=O) groups is 1. The predicted molar refractivity (Wildman–Crippen MR) is 61.1 cm³/mol. The third-order valence-corrected chi connectivity index (χ3v) is 3.45. The van der Waals surface area contributed by atoms with Crippen molar-refractivity contribution in [2.45, 2.75) is 52.7 Å². The lowest BCUT2D eigenvalue weighted by molar-refractivity contribution is -0.294. The van der Waals surface area contributed by atoms with E-state index in [1.165, 1.54) is 6.42 Å². The van der Waals surface area contributed by atoms with Gasteiger partial charge in [-0.2, -0.15) is 0 Å². The van der Waals surface area contributed by atoms with Crippen LogP contribution in [0.5, 0.6) is 0 Å². The van der Waals surface area contributed by atoms with E-state index < -0.39 is 5.79 Å². The molecule has 1 saturated carbocycles. The Bertz CT molecular complexity index is 276. The second kappa shape index (κ2) is 3.54. The zero-order valence-corrected chi connectivity index (χ0v) is 10.8. The molecule has 0 aromatic heterocycles. The fourth-order valence-electron chi connectivity index (χ4n) is 3.65. The van der Waals surface area contributed by atoms with E-state index in [-0.39, 0.29) is 29.8 Å². The molecule has 0 unspecified atom stereocenters. The first-order valence-electron chi connectivity index (χ1n) is 6.02. The molecule has 0 aromatic rings. The van der Waals surface area contributed by atoms with E-state index in [0.29, 0.717) is 0 Å². The van der Waals surface area contributed by atoms with Crippen LogP contribution in [0.1, 0.15) is 47.0 Å². The summed E-state index contributed by atoms with van der Waals surface area (Å²) in [6, 6.07) is 0. The van der Waals surface area contributed by atoms with Crippen LogP contribution in [-0.4, -0.2) is 24.8 Å². The molecule has 0 amide bonds. The molecular formula is C13H22O3. The number of carbonyl (C=O) groups excluding carboxylic acids is 1. The second-order valence-electron chi connectivity index (χ2n) is 6.89. The lowest BCUT2D eigenvalue weighted by atomic mass is 9.63. The van der Waals surface area contributed by atoms with E-state index >= 15 is 0 Å². The SMILES string of the molecule is CC1(C)CC(C)(C)CC2(C1)OCC(=O)CO2. The third-order valence-electron chi connectivity index (χ3n) is 3.45. The van der Waals surface area contributed by atoms with Gasteiger partial charge in [0, 0.05) is 12.8 Å². The van der Waals surface area contributed by atoms with Gasteiger partial charge in [0.15, 0.2) is 11.6 Å². The molecule has 3 heteroatoms. The number of hydrogen-bond donors (Lipinski definition) is 0. The number of hydrogen-bond acceptors (Lipinski definition) is 3. The second-order valence-corrected chi connectivity index (χ2v) is 6.89. The van der Waals surface area contributed by atoms with Gasteiger partial charge in [-0.25, -0.2) is 0 Å². The average Bonchev–Trinajstić information content (AvgIpc) is 2.05. The van der Waals surface area contributed by atoms with Crippen molar-refractivity contribution in [3.05, 3.63) is 0 Å². The number of rotatable bonds is 0. The first-order chi connectivity index (χ1) is 7.22. The summed E-state index contributed by atoms with van der Waals surface area (Å²) in [6.07, 6.45) is 2.94. The highest BCUT2D eigenvalue weighted by molar-refractivity contribution is 5.81. The smallest absolute Gasteiger partial charge is 0.184 e. The van der Waals surface area contributed by atoms with Crippen molar-refractivity contribution >= 4 is 5.78 Å². The summed E-state index contributed by atoms with van der Waals surface area (Å²) >= 11 is 0. The van der Waals surface area contributed by atoms with Gasteiger partial charge >= 0.3 is 0 Å². The van der Waals surface area contributed by atoms with Gasteiger partial charge in [-0.15, -0.1) is 0 Å². The van der Waals surface area contributed by atoms with Crippen LogP contribution >= 0.6 is 0 Å². The summed E-state index contributed by atoms with van der Waals surface area (Å²) in [5, 5.41) is 0. The normalized spacial score (nSPS) is 31.6. The number of Topliss-reactive ketones (excluding diaryl/α,β-unsaturated/α-hetero) is 1. The molecule has 0 N–H and O–H groups in total. The Morgan fingerprint density at radius 2 is 1.31 bits per heavy atom. The maximum Gasteiger partial charge on any atom is 0.184 e. The summed E-state index contributed by atoms with van der Waals surface area (Å²) in [4.78, 5) is 11.2. The van der Waals surface area contributed by atoms with Gasteiger partial charge in [0.05, 0.1) is 0 Å². The van der Waals surface area contributed by atoms with Crippen molar-refractivity contribution in [2.75, 3.05) is 13.2 Å².